The largest absolute Gasteiger partial charge is 0.486 e. The first kappa shape index (κ1) is 18.2. The van der Waals surface area contributed by atoms with Gasteiger partial charge in [-0.05, 0) is 60.7 Å². The first-order valence-electron chi connectivity index (χ1n) is 9.97. The maximum absolute atomic E-state index is 11.7. The molecule has 0 fully saturated rings. The molecule has 0 radical (unpaired) electrons. The van der Waals surface area contributed by atoms with E-state index in [2.05, 4.69) is 11.2 Å². The van der Waals surface area contributed by atoms with Crippen molar-refractivity contribution in [2.75, 3.05) is 0 Å². The molecule has 0 N–H and O–H groups in total. The molecule has 2 aromatic heterocycles. The highest BCUT2D eigenvalue weighted by atomic mass is 16.5. The summed E-state index contributed by atoms with van der Waals surface area (Å²) in [6, 6.07) is 17.3. The fourth-order valence-electron chi connectivity index (χ4n) is 4.11. The lowest BCUT2D eigenvalue weighted by Gasteiger charge is -2.26. The van der Waals surface area contributed by atoms with Crippen molar-refractivity contribution in [3.63, 3.8) is 0 Å². The van der Waals surface area contributed by atoms with Gasteiger partial charge in [0.05, 0.1) is 29.0 Å². The van der Waals surface area contributed by atoms with Crippen molar-refractivity contribution in [3.05, 3.63) is 88.0 Å². The molecule has 5 rings (SSSR count). The Bertz CT molecular complexity index is 1360. The monoisotopic (exact) mass is 396 g/mol. The van der Waals surface area contributed by atoms with Crippen LogP contribution in [0.2, 0.25) is 0 Å². The van der Waals surface area contributed by atoms with Gasteiger partial charge in [0.2, 0.25) is 5.56 Å². The molecule has 1 atom stereocenters. The number of fused-ring (bicyclic) bond motifs is 2. The molecule has 0 bridgehead atoms. The van der Waals surface area contributed by atoms with E-state index in [1.807, 2.05) is 47.3 Å². The van der Waals surface area contributed by atoms with Crippen LogP contribution < -0.4 is 10.3 Å². The van der Waals surface area contributed by atoms with Crippen molar-refractivity contribution in [2.45, 2.75) is 25.4 Å². The van der Waals surface area contributed by atoms with Gasteiger partial charge in [-0.3, -0.25) is 4.79 Å². The van der Waals surface area contributed by atoms with Crippen molar-refractivity contribution in [3.8, 4) is 17.5 Å². The summed E-state index contributed by atoms with van der Waals surface area (Å²) in [6.45, 7) is 0. The summed E-state index contributed by atoms with van der Waals surface area (Å²) in [4.78, 5) is 11.7. The Morgan fingerprint density at radius 3 is 2.90 bits per heavy atom. The molecular formula is C24H20N4O2. The van der Waals surface area contributed by atoms with Crippen LogP contribution in [0.4, 0.5) is 0 Å². The lowest BCUT2D eigenvalue weighted by atomic mass is 9.88. The van der Waals surface area contributed by atoms with E-state index < -0.39 is 0 Å². The van der Waals surface area contributed by atoms with Crippen molar-refractivity contribution >= 4 is 10.9 Å². The Morgan fingerprint density at radius 1 is 1.17 bits per heavy atom. The van der Waals surface area contributed by atoms with Gasteiger partial charge in [-0.25, -0.2) is 4.68 Å². The molecule has 2 heterocycles. The zero-order chi connectivity index (χ0) is 20.7. The summed E-state index contributed by atoms with van der Waals surface area (Å²) in [5, 5.41) is 14.7. The third-order valence-electron chi connectivity index (χ3n) is 5.67. The molecule has 1 aliphatic carbocycles. The molecule has 1 aliphatic rings. The summed E-state index contributed by atoms with van der Waals surface area (Å²) in [5.41, 5.74) is 4.72. The number of aryl methyl sites for hydroxylation is 2. The predicted molar refractivity (Wildman–Crippen MR) is 114 cm³/mol. The van der Waals surface area contributed by atoms with E-state index in [1.165, 1.54) is 16.2 Å². The lowest BCUT2D eigenvalue weighted by molar-refractivity contribution is 0.183. The second kappa shape index (κ2) is 7.20. The van der Waals surface area contributed by atoms with Crippen LogP contribution in [0.25, 0.3) is 16.6 Å². The van der Waals surface area contributed by atoms with Crippen molar-refractivity contribution in [2.24, 2.45) is 7.05 Å². The van der Waals surface area contributed by atoms with E-state index in [0.29, 0.717) is 5.56 Å². The smallest absolute Gasteiger partial charge is 0.250 e. The Hall–Kier alpha value is -3.85. The molecule has 4 aromatic rings. The Labute approximate surface area is 173 Å². The molecule has 0 amide bonds. The number of benzene rings is 2. The fourth-order valence-corrected chi connectivity index (χ4v) is 4.11. The molecular weight excluding hydrogens is 376 g/mol. The summed E-state index contributed by atoms with van der Waals surface area (Å²) < 4.78 is 9.74. The normalized spacial score (nSPS) is 15.5. The summed E-state index contributed by atoms with van der Waals surface area (Å²) >= 11 is 0. The standard InChI is InChI=1S/C24H20N4O2/c1-27-15-19(7-10-24(27)29)28-22-12-20(8-6-18(22)14-26-28)30-23-4-2-3-17-11-16(13-25)5-9-21(17)23/h5-12,14-15,23H,2-4H2,1H3. The fraction of sp³-hybridized carbons (Fsp3) is 0.208. The first-order valence-corrected chi connectivity index (χ1v) is 9.97. The highest BCUT2D eigenvalue weighted by Crippen LogP contribution is 2.35. The topological polar surface area (TPSA) is 72.8 Å². The van der Waals surface area contributed by atoms with Crippen LogP contribution in [0.1, 0.15) is 35.6 Å². The SMILES string of the molecule is Cn1cc(-n2ncc3ccc(OC4CCCc5cc(C#N)ccc54)cc32)ccc1=O. The summed E-state index contributed by atoms with van der Waals surface area (Å²) in [5.74, 6) is 0.774. The van der Waals surface area contributed by atoms with Gasteiger partial charge in [-0.1, -0.05) is 6.07 Å². The molecule has 0 spiro atoms. The van der Waals surface area contributed by atoms with E-state index in [9.17, 15) is 4.79 Å². The first-order chi connectivity index (χ1) is 14.6. The van der Waals surface area contributed by atoms with Crippen molar-refractivity contribution < 1.29 is 4.74 Å². The molecule has 0 saturated heterocycles. The highest BCUT2D eigenvalue weighted by molar-refractivity contribution is 5.81. The van der Waals surface area contributed by atoms with Gasteiger partial charge in [0.15, 0.2) is 0 Å². The number of hydrogen-bond donors (Lipinski definition) is 0. The van der Waals surface area contributed by atoms with E-state index in [4.69, 9.17) is 10.00 Å². The van der Waals surface area contributed by atoms with Crippen LogP contribution in [-0.2, 0) is 13.5 Å². The van der Waals surface area contributed by atoms with Gasteiger partial charge in [-0.2, -0.15) is 10.4 Å². The number of hydrogen-bond acceptors (Lipinski definition) is 4. The second-order valence-electron chi connectivity index (χ2n) is 7.64. The minimum absolute atomic E-state index is 0.0344. The number of nitrogens with zero attached hydrogens (tertiary/aromatic N) is 4. The molecule has 30 heavy (non-hydrogen) atoms. The van der Waals surface area contributed by atoms with Gasteiger partial charge in [0.25, 0.3) is 0 Å². The number of rotatable bonds is 3. The van der Waals surface area contributed by atoms with Crippen LogP contribution in [0.3, 0.4) is 0 Å². The minimum atomic E-state index is -0.0604. The second-order valence-corrected chi connectivity index (χ2v) is 7.64. The van der Waals surface area contributed by atoms with Crippen molar-refractivity contribution in [1.82, 2.24) is 14.3 Å². The third kappa shape index (κ3) is 3.15. The van der Waals surface area contributed by atoms with Crippen LogP contribution in [0.5, 0.6) is 5.75 Å². The molecule has 0 aliphatic heterocycles. The van der Waals surface area contributed by atoms with E-state index in [1.54, 1.807) is 19.3 Å². The van der Waals surface area contributed by atoms with Gasteiger partial charge >= 0.3 is 0 Å². The number of nitriles is 1. The number of aromatic nitrogens is 3. The van der Waals surface area contributed by atoms with Gasteiger partial charge < -0.3 is 9.30 Å². The average molecular weight is 396 g/mol. The lowest BCUT2D eigenvalue weighted by Crippen LogP contribution is -2.16. The minimum Gasteiger partial charge on any atom is -0.486 e. The van der Waals surface area contributed by atoms with Crippen LogP contribution in [-0.4, -0.2) is 14.3 Å². The molecule has 6 nitrogen and oxygen atoms in total. The van der Waals surface area contributed by atoms with Gasteiger partial charge in [0, 0.05) is 30.8 Å². The Kier molecular flexibility index (Phi) is 4.36. The van der Waals surface area contributed by atoms with E-state index in [-0.39, 0.29) is 11.7 Å². The highest BCUT2D eigenvalue weighted by Gasteiger charge is 2.22. The van der Waals surface area contributed by atoms with Gasteiger partial charge in [0.1, 0.15) is 11.9 Å². The van der Waals surface area contributed by atoms with Crippen LogP contribution in [0.15, 0.2) is 65.7 Å². The molecule has 2 aromatic carbocycles. The summed E-state index contributed by atoms with van der Waals surface area (Å²) in [7, 11) is 1.73. The zero-order valence-corrected chi connectivity index (χ0v) is 16.6. The molecule has 0 saturated carbocycles. The van der Waals surface area contributed by atoms with Crippen molar-refractivity contribution in [1.29, 1.82) is 5.26 Å². The zero-order valence-electron chi connectivity index (χ0n) is 16.6. The van der Waals surface area contributed by atoms with E-state index >= 15 is 0 Å². The summed E-state index contributed by atoms with van der Waals surface area (Å²) in [6.07, 6.45) is 6.49. The average Bonchev–Trinajstić information content (AvgIpc) is 3.19. The Morgan fingerprint density at radius 2 is 2.07 bits per heavy atom. The molecule has 6 heteroatoms. The molecule has 148 valence electrons. The maximum Gasteiger partial charge on any atom is 0.250 e. The van der Waals surface area contributed by atoms with Crippen LogP contribution in [0, 0.1) is 11.3 Å². The third-order valence-corrected chi connectivity index (χ3v) is 5.67. The number of pyridine rings is 1. The quantitative estimate of drug-likeness (QED) is 0.524. The van der Waals surface area contributed by atoms with E-state index in [0.717, 1.165) is 47.2 Å². The predicted octanol–water partition coefficient (Wildman–Crippen LogP) is 4.05. The van der Waals surface area contributed by atoms with Crippen LogP contribution >= 0.6 is 0 Å². The maximum atomic E-state index is 11.7. The number of ether oxygens (including phenoxy) is 1. The molecule has 1 unspecified atom stereocenters. The van der Waals surface area contributed by atoms with Gasteiger partial charge in [-0.15, -0.1) is 0 Å². The Balaban J connectivity index is 1.50.